The SMILES string of the molecule is CCC1C(=O)OCC1CI. The van der Waals surface area contributed by atoms with Crippen molar-refractivity contribution in [3.8, 4) is 0 Å². The molecule has 1 aliphatic heterocycles. The van der Waals surface area contributed by atoms with Crippen molar-refractivity contribution >= 4 is 28.6 Å². The molecule has 3 heteroatoms. The van der Waals surface area contributed by atoms with E-state index in [-0.39, 0.29) is 11.9 Å². The number of carbonyl (C=O) groups excluding carboxylic acids is 1. The second kappa shape index (κ2) is 3.55. The number of halogens is 1. The Balaban J connectivity index is 2.54. The van der Waals surface area contributed by atoms with E-state index in [0.717, 1.165) is 10.8 Å². The standard InChI is InChI=1S/C7H11IO2/c1-2-6-5(3-8)4-10-7(6)9/h5-6H,2-4H2,1H3. The molecule has 0 aliphatic carbocycles. The van der Waals surface area contributed by atoms with Gasteiger partial charge < -0.3 is 4.74 Å². The van der Waals surface area contributed by atoms with Gasteiger partial charge in [-0.25, -0.2) is 0 Å². The van der Waals surface area contributed by atoms with Crippen molar-refractivity contribution in [3.05, 3.63) is 0 Å². The van der Waals surface area contributed by atoms with Crippen molar-refractivity contribution in [2.45, 2.75) is 13.3 Å². The summed E-state index contributed by atoms with van der Waals surface area (Å²) < 4.78 is 5.95. The third-order valence-electron chi connectivity index (χ3n) is 1.95. The Kier molecular flexibility index (Phi) is 2.95. The van der Waals surface area contributed by atoms with Crippen LogP contribution in [0.3, 0.4) is 0 Å². The van der Waals surface area contributed by atoms with Gasteiger partial charge in [0.1, 0.15) is 0 Å². The van der Waals surface area contributed by atoms with Crippen molar-refractivity contribution in [1.82, 2.24) is 0 Å². The van der Waals surface area contributed by atoms with Crippen LogP contribution < -0.4 is 0 Å². The maximum atomic E-state index is 10.9. The molecule has 0 aromatic heterocycles. The Labute approximate surface area is 74.5 Å². The number of esters is 1. The van der Waals surface area contributed by atoms with Crippen LogP contribution >= 0.6 is 22.6 Å². The highest BCUT2D eigenvalue weighted by atomic mass is 127. The van der Waals surface area contributed by atoms with Gasteiger partial charge in [-0.15, -0.1) is 0 Å². The van der Waals surface area contributed by atoms with Gasteiger partial charge in [-0.3, -0.25) is 4.79 Å². The van der Waals surface area contributed by atoms with Crippen LogP contribution in [-0.2, 0) is 9.53 Å². The Morgan fingerprint density at radius 3 is 2.90 bits per heavy atom. The predicted molar refractivity (Wildman–Crippen MR) is 47.1 cm³/mol. The molecule has 10 heavy (non-hydrogen) atoms. The highest BCUT2D eigenvalue weighted by Crippen LogP contribution is 2.26. The van der Waals surface area contributed by atoms with Crippen LogP contribution in [0.25, 0.3) is 0 Å². The summed E-state index contributed by atoms with van der Waals surface area (Å²) in [5.74, 6) is 0.652. The zero-order valence-electron chi connectivity index (χ0n) is 5.97. The quantitative estimate of drug-likeness (QED) is 0.425. The molecule has 1 aliphatic rings. The maximum Gasteiger partial charge on any atom is 0.309 e. The minimum atomic E-state index is 0.00386. The Bertz CT molecular complexity index is 136. The van der Waals surface area contributed by atoms with Gasteiger partial charge in [0.2, 0.25) is 0 Å². The summed E-state index contributed by atoms with van der Waals surface area (Å²) in [4.78, 5) is 10.9. The molecule has 58 valence electrons. The van der Waals surface area contributed by atoms with Crippen LogP contribution in [0.2, 0.25) is 0 Å². The minimum absolute atomic E-state index is 0.00386. The predicted octanol–water partition coefficient (Wildman–Crippen LogP) is 1.62. The Morgan fingerprint density at radius 2 is 2.50 bits per heavy atom. The van der Waals surface area contributed by atoms with Crippen LogP contribution in [0, 0.1) is 11.8 Å². The Hall–Kier alpha value is 0.200. The normalized spacial score (nSPS) is 32.4. The summed E-state index contributed by atoms with van der Waals surface area (Å²) in [6.45, 7) is 2.68. The third-order valence-corrected chi connectivity index (χ3v) is 3.08. The molecule has 0 bridgehead atoms. The van der Waals surface area contributed by atoms with Crippen LogP contribution in [0.1, 0.15) is 13.3 Å². The van der Waals surface area contributed by atoms with E-state index in [1.54, 1.807) is 0 Å². The number of rotatable bonds is 2. The third kappa shape index (κ3) is 1.44. The smallest absolute Gasteiger partial charge is 0.309 e. The van der Waals surface area contributed by atoms with E-state index in [9.17, 15) is 4.79 Å². The highest BCUT2D eigenvalue weighted by molar-refractivity contribution is 14.1. The molecule has 0 aromatic rings. The van der Waals surface area contributed by atoms with Gasteiger partial charge in [0.25, 0.3) is 0 Å². The zero-order valence-corrected chi connectivity index (χ0v) is 8.13. The molecule has 2 atom stereocenters. The average molecular weight is 254 g/mol. The summed E-state index contributed by atoms with van der Waals surface area (Å²) >= 11 is 2.31. The molecule has 2 unspecified atom stereocenters. The van der Waals surface area contributed by atoms with Crippen LogP contribution in [-0.4, -0.2) is 17.0 Å². The van der Waals surface area contributed by atoms with Crippen LogP contribution in [0.4, 0.5) is 0 Å². The van der Waals surface area contributed by atoms with Crippen molar-refractivity contribution in [2.75, 3.05) is 11.0 Å². The number of hydrogen-bond acceptors (Lipinski definition) is 2. The summed E-state index contributed by atoms with van der Waals surface area (Å²) in [5, 5.41) is 0. The van der Waals surface area contributed by atoms with E-state index in [1.165, 1.54) is 0 Å². The average Bonchev–Trinajstić information content (AvgIpc) is 2.30. The fourth-order valence-electron chi connectivity index (χ4n) is 1.26. The number of alkyl halides is 1. The molecule has 1 rings (SSSR count). The first-order valence-electron chi connectivity index (χ1n) is 3.52. The topological polar surface area (TPSA) is 26.3 Å². The van der Waals surface area contributed by atoms with Crippen LogP contribution in [0.15, 0.2) is 0 Å². The molecule has 0 spiro atoms. The van der Waals surface area contributed by atoms with E-state index >= 15 is 0 Å². The second-order valence-electron chi connectivity index (χ2n) is 2.56. The molecule has 0 N–H and O–H groups in total. The summed E-state index contributed by atoms with van der Waals surface area (Å²) in [6, 6.07) is 0. The molecule has 0 radical (unpaired) electrons. The van der Waals surface area contributed by atoms with Crippen molar-refractivity contribution < 1.29 is 9.53 Å². The number of ether oxygens (including phenoxy) is 1. The van der Waals surface area contributed by atoms with Gasteiger partial charge >= 0.3 is 5.97 Å². The van der Waals surface area contributed by atoms with Crippen molar-refractivity contribution in [1.29, 1.82) is 0 Å². The van der Waals surface area contributed by atoms with Gasteiger partial charge in [-0.1, -0.05) is 29.5 Å². The van der Waals surface area contributed by atoms with Gasteiger partial charge in [0.05, 0.1) is 12.5 Å². The van der Waals surface area contributed by atoms with E-state index in [1.807, 2.05) is 6.92 Å². The summed E-state index contributed by atoms with van der Waals surface area (Å²) in [5.41, 5.74) is 0. The van der Waals surface area contributed by atoms with E-state index in [0.29, 0.717) is 12.5 Å². The fourth-order valence-corrected chi connectivity index (χ4v) is 2.13. The fraction of sp³-hybridized carbons (Fsp3) is 0.857. The molecule has 1 saturated heterocycles. The first kappa shape index (κ1) is 8.30. The van der Waals surface area contributed by atoms with Gasteiger partial charge in [-0.05, 0) is 6.42 Å². The largest absolute Gasteiger partial charge is 0.465 e. The molecular weight excluding hydrogens is 243 g/mol. The second-order valence-corrected chi connectivity index (χ2v) is 3.44. The highest BCUT2D eigenvalue weighted by Gasteiger charge is 2.34. The first-order chi connectivity index (χ1) is 4.79. The van der Waals surface area contributed by atoms with Crippen LogP contribution in [0.5, 0.6) is 0 Å². The first-order valence-corrected chi connectivity index (χ1v) is 5.04. The van der Waals surface area contributed by atoms with E-state index in [2.05, 4.69) is 22.6 Å². The minimum Gasteiger partial charge on any atom is -0.465 e. The molecule has 0 saturated carbocycles. The lowest BCUT2D eigenvalue weighted by Crippen LogP contribution is -2.15. The number of carbonyl (C=O) groups is 1. The lowest BCUT2D eigenvalue weighted by molar-refractivity contribution is -0.141. The van der Waals surface area contributed by atoms with Gasteiger partial charge in [-0.2, -0.15) is 0 Å². The maximum absolute atomic E-state index is 10.9. The Morgan fingerprint density at radius 1 is 1.80 bits per heavy atom. The number of hydrogen-bond donors (Lipinski definition) is 0. The van der Waals surface area contributed by atoms with Gasteiger partial charge in [0, 0.05) is 10.3 Å². The lowest BCUT2D eigenvalue weighted by Gasteiger charge is -2.07. The lowest BCUT2D eigenvalue weighted by atomic mass is 9.95. The molecule has 1 heterocycles. The van der Waals surface area contributed by atoms with Crippen molar-refractivity contribution in [2.24, 2.45) is 11.8 Å². The molecular formula is C7H11IO2. The van der Waals surface area contributed by atoms with Gasteiger partial charge in [0.15, 0.2) is 0 Å². The molecule has 0 amide bonds. The number of cyclic esters (lactones) is 1. The molecule has 0 aromatic carbocycles. The molecule has 2 nitrogen and oxygen atoms in total. The monoisotopic (exact) mass is 254 g/mol. The van der Waals surface area contributed by atoms with E-state index < -0.39 is 0 Å². The zero-order chi connectivity index (χ0) is 7.56. The molecule has 1 fully saturated rings. The summed E-state index contributed by atoms with van der Waals surface area (Å²) in [6.07, 6.45) is 0.923. The van der Waals surface area contributed by atoms with E-state index in [4.69, 9.17) is 4.74 Å². The van der Waals surface area contributed by atoms with Crippen molar-refractivity contribution in [3.63, 3.8) is 0 Å². The summed E-state index contributed by atoms with van der Waals surface area (Å²) in [7, 11) is 0.